The fourth-order valence-corrected chi connectivity index (χ4v) is 1.77. The number of ketones is 1. The van der Waals surface area contributed by atoms with Crippen LogP contribution in [0.2, 0.25) is 0 Å². The third-order valence-corrected chi connectivity index (χ3v) is 2.43. The smallest absolute Gasteiger partial charge is 0.387 e. The van der Waals surface area contributed by atoms with Crippen molar-refractivity contribution in [3.05, 3.63) is 28.8 Å². The quantitative estimate of drug-likeness (QED) is 0.738. The highest BCUT2D eigenvalue weighted by atomic mass is 19.3. The van der Waals surface area contributed by atoms with Crippen molar-refractivity contribution < 1.29 is 18.3 Å². The molecular weight excluding hydrogens is 214 g/mol. The maximum absolute atomic E-state index is 12.2. The Morgan fingerprint density at radius 1 is 1.44 bits per heavy atom. The van der Waals surface area contributed by atoms with E-state index in [1.165, 1.54) is 13.0 Å². The number of hydrogen-bond donors (Lipinski definition) is 0. The zero-order valence-electron chi connectivity index (χ0n) is 9.51. The van der Waals surface area contributed by atoms with Crippen LogP contribution < -0.4 is 4.74 Å². The highest BCUT2D eigenvalue weighted by Gasteiger charge is 2.17. The average molecular weight is 228 g/mol. The fraction of sp³-hybridized carbons (Fsp3) is 0.417. The van der Waals surface area contributed by atoms with Gasteiger partial charge in [0.1, 0.15) is 5.75 Å². The van der Waals surface area contributed by atoms with E-state index in [4.69, 9.17) is 0 Å². The van der Waals surface area contributed by atoms with Gasteiger partial charge in [-0.25, -0.2) is 0 Å². The molecule has 1 rings (SSSR count). The largest absolute Gasteiger partial charge is 0.434 e. The van der Waals surface area contributed by atoms with E-state index >= 15 is 0 Å². The van der Waals surface area contributed by atoms with Gasteiger partial charge in [-0.2, -0.15) is 8.78 Å². The summed E-state index contributed by atoms with van der Waals surface area (Å²) in [6.45, 7) is 2.16. The number of aryl methyl sites for hydroxylation is 1. The number of ether oxygens (including phenoxy) is 1. The lowest BCUT2D eigenvalue weighted by molar-refractivity contribution is -0.0501. The monoisotopic (exact) mass is 228 g/mol. The molecule has 0 saturated heterocycles. The van der Waals surface area contributed by atoms with Crippen LogP contribution >= 0.6 is 0 Å². The van der Waals surface area contributed by atoms with Crippen molar-refractivity contribution in [1.82, 2.24) is 0 Å². The minimum Gasteiger partial charge on any atom is -0.434 e. The summed E-state index contributed by atoms with van der Waals surface area (Å²) in [6, 6.07) is 3.10. The Morgan fingerprint density at radius 2 is 2.06 bits per heavy atom. The predicted octanol–water partition coefficient (Wildman–Crippen LogP) is 3.36. The maximum Gasteiger partial charge on any atom is 0.387 e. The summed E-state index contributed by atoms with van der Waals surface area (Å²) < 4.78 is 28.7. The summed E-state index contributed by atoms with van der Waals surface area (Å²) in [6.07, 6.45) is 0.612. The number of halogens is 2. The van der Waals surface area contributed by atoms with Crippen LogP contribution in [0.1, 0.15) is 35.3 Å². The Hall–Kier alpha value is -1.45. The molecule has 16 heavy (non-hydrogen) atoms. The molecule has 1 aromatic carbocycles. The SMILES string of the molecule is CCc1c(C)ccc(OC(F)F)c1C(C)=O. The molecule has 0 heterocycles. The molecule has 0 saturated carbocycles. The first-order valence-electron chi connectivity index (χ1n) is 5.05. The number of rotatable bonds is 4. The molecule has 0 fully saturated rings. The van der Waals surface area contributed by atoms with Gasteiger partial charge in [-0.1, -0.05) is 13.0 Å². The van der Waals surface area contributed by atoms with E-state index in [-0.39, 0.29) is 17.1 Å². The molecule has 0 aliphatic heterocycles. The van der Waals surface area contributed by atoms with Crippen LogP contribution in [-0.2, 0) is 6.42 Å². The standard InChI is InChI=1S/C12H14F2O2/c1-4-9-7(2)5-6-10(16-12(13)14)11(9)8(3)15/h5-6,12H,4H2,1-3H3. The Balaban J connectivity index is 3.33. The summed E-state index contributed by atoms with van der Waals surface area (Å²) in [4.78, 5) is 11.5. The van der Waals surface area contributed by atoms with Crippen molar-refractivity contribution in [3.63, 3.8) is 0 Å². The second-order valence-corrected chi connectivity index (χ2v) is 3.52. The molecule has 4 heteroatoms. The van der Waals surface area contributed by atoms with Gasteiger partial charge in [0.2, 0.25) is 0 Å². The summed E-state index contributed by atoms with van der Waals surface area (Å²) in [5.41, 5.74) is 1.95. The molecule has 0 radical (unpaired) electrons. The van der Waals surface area contributed by atoms with Gasteiger partial charge in [0.05, 0.1) is 5.56 Å². The van der Waals surface area contributed by atoms with Crippen LogP contribution in [-0.4, -0.2) is 12.4 Å². The molecule has 0 aliphatic carbocycles. The lowest BCUT2D eigenvalue weighted by Gasteiger charge is -2.14. The minimum atomic E-state index is -2.91. The predicted molar refractivity (Wildman–Crippen MR) is 57.2 cm³/mol. The van der Waals surface area contributed by atoms with Crippen molar-refractivity contribution in [3.8, 4) is 5.75 Å². The second-order valence-electron chi connectivity index (χ2n) is 3.52. The molecule has 88 valence electrons. The molecule has 1 aromatic rings. The van der Waals surface area contributed by atoms with E-state index in [0.29, 0.717) is 6.42 Å². The normalized spacial score (nSPS) is 10.6. The van der Waals surface area contributed by atoms with Crippen molar-refractivity contribution in [2.24, 2.45) is 0 Å². The van der Waals surface area contributed by atoms with Crippen molar-refractivity contribution in [2.45, 2.75) is 33.8 Å². The minimum absolute atomic E-state index is 0.0371. The van der Waals surface area contributed by atoms with E-state index in [0.717, 1.165) is 11.1 Å². The first kappa shape index (κ1) is 12.6. The van der Waals surface area contributed by atoms with Gasteiger partial charge in [-0.3, -0.25) is 4.79 Å². The van der Waals surface area contributed by atoms with Crippen LogP contribution in [0.4, 0.5) is 8.78 Å². The third kappa shape index (κ3) is 2.56. The van der Waals surface area contributed by atoms with Crippen molar-refractivity contribution in [1.29, 1.82) is 0 Å². The summed E-state index contributed by atoms with van der Waals surface area (Å²) in [7, 11) is 0. The number of hydrogen-bond acceptors (Lipinski definition) is 2. The lowest BCUT2D eigenvalue weighted by atomic mass is 9.96. The van der Waals surface area contributed by atoms with Crippen molar-refractivity contribution in [2.75, 3.05) is 0 Å². The highest BCUT2D eigenvalue weighted by Crippen LogP contribution is 2.27. The number of benzene rings is 1. The topological polar surface area (TPSA) is 26.3 Å². The van der Waals surface area contributed by atoms with E-state index in [1.807, 2.05) is 13.8 Å². The van der Waals surface area contributed by atoms with Gasteiger partial charge in [-0.05, 0) is 37.5 Å². The lowest BCUT2D eigenvalue weighted by Crippen LogP contribution is -2.09. The zero-order valence-corrected chi connectivity index (χ0v) is 9.51. The molecule has 0 unspecified atom stereocenters. The molecule has 0 N–H and O–H groups in total. The average Bonchev–Trinajstić information content (AvgIpc) is 2.18. The Labute approximate surface area is 93.2 Å². The third-order valence-electron chi connectivity index (χ3n) is 2.43. The van der Waals surface area contributed by atoms with E-state index in [2.05, 4.69) is 4.74 Å². The van der Waals surface area contributed by atoms with Gasteiger partial charge < -0.3 is 4.74 Å². The summed E-state index contributed by atoms with van der Waals surface area (Å²) in [5, 5.41) is 0. The number of Topliss-reactive ketones (excluding diaryl/α,β-unsaturated/α-hetero) is 1. The second kappa shape index (κ2) is 5.05. The molecule has 2 nitrogen and oxygen atoms in total. The van der Waals surface area contributed by atoms with Gasteiger partial charge >= 0.3 is 6.61 Å². The fourth-order valence-electron chi connectivity index (χ4n) is 1.77. The van der Waals surface area contributed by atoms with Crippen LogP contribution in [0.25, 0.3) is 0 Å². The first-order valence-corrected chi connectivity index (χ1v) is 5.05. The molecule has 0 atom stereocenters. The van der Waals surface area contributed by atoms with Crippen LogP contribution in [0.3, 0.4) is 0 Å². The zero-order chi connectivity index (χ0) is 12.3. The van der Waals surface area contributed by atoms with Crippen LogP contribution in [0.15, 0.2) is 12.1 Å². The van der Waals surface area contributed by atoms with Gasteiger partial charge in [0, 0.05) is 0 Å². The van der Waals surface area contributed by atoms with Crippen molar-refractivity contribution >= 4 is 5.78 Å². The number of carbonyl (C=O) groups excluding carboxylic acids is 1. The highest BCUT2D eigenvalue weighted by molar-refractivity contribution is 5.98. The molecular formula is C12H14F2O2. The molecule has 0 amide bonds. The van der Waals surface area contributed by atoms with Crippen LogP contribution in [0.5, 0.6) is 5.75 Å². The van der Waals surface area contributed by atoms with E-state index in [1.54, 1.807) is 6.07 Å². The van der Waals surface area contributed by atoms with E-state index < -0.39 is 6.61 Å². The maximum atomic E-state index is 12.2. The molecule has 0 bridgehead atoms. The Kier molecular flexibility index (Phi) is 3.99. The van der Waals surface area contributed by atoms with Gasteiger partial charge in [-0.15, -0.1) is 0 Å². The van der Waals surface area contributed by atoms with E-state index in [9.17, 15) is 13.6 Å². The number of alkyl halides is 2. The first-order chi connectivity index (χ1) is 7.47. The summed E-state index contributed by atoms with van der Waals surface area (Å²) >= 11 is 0. The Bertz CT molecular complexity index is 400. The summed E-state index contributed by atoms with van der Waals surface area (Å²) in [5.74, 6) is -0.291. The molecule has 0 aliphatic rings. The Morgan fingerprint density at radius 3 is 2.50 bits per heavy atom. The molecule has 0 aromatic heterocycles. The van der Waals surface area contributed by atoms with Gasteiger partial charge in [0.15, 0.2) is 5.78 Å². The van der Waals surface area contributed by atoms with Crippen LogP contribution in [0, 0.1) is 6.92 Å². The molecule has 0 spiro atoms. The van der Waals surface area contributed by atoms with Gasteiger partial charge in [0.25, 0.3) is 0 Å². The number of carbonyl (C=O) groups is 1.